The van der Waals surface area contributed by atoms with Gasteiger partial charge < -0.3 is 5.73 Å². The van der Waals surface area contributed by atoms with E-state index in [2.05, 4.69) is 9.88 Å². The molecular weight excluding hydrogens is 194 g/mol. The van der Waals surface area contributed by atoms with Crippen molar-refractivity contribution in [3.8, 4) is 0 Å². The average Bonchev–Trinajstić information content (AvgIpc) is 2.86. The van der Waals surface area contributed by atoms with Crippen molar-refractivity contribution >= 4 is 16.5 Å². The predicted octanol–water partition coefficient (Wildman–Crippen LogP) is 1.71. The quantitative estimate of drug-likeness (QED) is 0.806. The molecule has 1 aliphatic heterocycles. The second kappa shape index (κ2) is 3.21. The second-order valence-corrected chi connectivity index (χ2v) is 5.49. The number of hydrogen-bond donors (Lipinski definition) is 1. The molecule has 1 saturated carbocycles. The summed E-state index contributed by atoms with van der Waals surface area (Å²) in [7, 11) is 0. The van der Waals surface area contributed by atoms with Gasteiger partial charge in [0.25, 0.3) is 0 Å². The number of nitrogen functional groups attached to an aromatic ring is 1. The van der Waals surface area contributed by atoms with E-state index in [9.17, 15) is 0 Å². The Morgan fingerprint density at radius 3 is 3.36 bits per heavy atom. The molecule has 2 N–H and O–H groups in total. The van der Waals surface area contributed by atoms with Gasteiger partial charge in [-0.15, -0.1) is 11.3 Å². The number of nitrogens with zero attached hydrogens (tertiary/aromatic N) is 2. The largest absolute Gasteiger partial charge is 0.375 e. The maximum Gasteiger partial charge on any atom is 0.180 e. The Morgan fingerprint density at radius 1 is 1.64 bits per heavy atom. The monoisotopic (exact) mass is 209 g/mol. The molecule has 1 aliphatic carbocycles. The molecule has 3 rings (SSSR count). The molecule has 2 fully saturated rings. The highest BCUT2D eigenvalue weighted by Gasteiger charge is 2.43. The van der Waals surface area contributed by atoms with Gasteiger partial charge in [-0.2, -0.15) is 0 Å². The summed E-state index contributed by atoms with van der Waals surface area (Å²) >= 11 is 1.63. The van der Waals surface area contributed by atoms with Crippen molar-refractivity contribution in [1.82, 2.24) is 9.88 Å². The van der Waals surface area contributed by atoms with Gasteiger partial charge in [-0.05, 0) is 31.7 Å². The van der Waals surface area contributed by atoms with E-state index in [1.165, 1.54) is 30.7 Å². The second-order valence-electron chi connectivity index (χ2n) is 4.34. The van der Waals surface area contributed by atoms with E-state index in [4.69, 9.17) is 5.73 Å². The number of aromatic nitrogens is 1. The number of hydrogen-bond acceptors (Lipinski definition) is 4. The highest BCUT2D eigenvalue weighted by atomic mass is 32.1. The Morgan fingerprint density at radius 2 is 2.57 bits per heavy atom. The van der Waals surface area contributed by atoms with Crippen LogP contribution in [-0.4, -0.2) is 22.5 Å². The molecule has 3 nitrogen and oxygen atoms in total. The maximum absolute atomic E-state index is 5.62. The van der Waals surface area contributed by atoms with Crippen LogP contribution in [0.1, 0.15) is 24.1 Å². The van der Waals surface area contributed by atoms with Gasteiger partial charge in [0.1, 0.15) is 0 Å². The number of nitrogens with two attached hydrogens (primary N) is 1. The lowest BCUT2D eigenvalue weighted by Crippen LogP contribution is -2.30. The van der Waals surface area contributed by atoms with Crippen LogP contribution in [0.2, 0.25) is 0 Å². The highest BCUT2D eigenvalue weighted by molar-refractivity contribution is 7.15. The lowest BCUT2D eigenvalue weighted by molar-refractivity contribution is 0.209. The molecule has 14 heavy (non-hydrogen) atoms. The number of rotatable bonds is 2. The average molecular weight is 209 g/mol. The lowest BCUT2D eigenvalue weighted by atomic mass is 10.1. The molecule has 2 heterocycles. The third kappa shape index (κ3) is 1.53. The topological polar surface area (TPSA) is 42.1 Å². The van der Waals surface area contributed by atoms with Gasteiger partial charge in [0.05, 0.1) is 0 Å². The first-order valence-corrected chi connectivity index (χ1v) is 6.09. The number of thiazole rings is 1. The Balaban J connectivity index is 1.66. The van der Waals surface area contributed by atoms with Crippen molar-refractivity contribution in [2.45, 2.75) is 31.8 Å². The van der Waals surface area contributed by atoms with Crippen LogP contribution in [0.15, 0.2) is 6.20 Å². The number of likely N-dealkylation sites (tertiary alicyclic amines) is 1. The van der Waals surface area contributed by atoms with Crippen molar-refractivity contribution in [1.29, 1.82) is 0 Å². The Bertz CT molecular complexity index is 336. The first-order valence-electron chi connectivity index (χ1n) is 5.27. The minimum atomic E-state index is 0.698. The number of fused-ring (bicyclic) bond motifs is 1. The molecule has 0 amide bonds. The summed E-state index contributed by atoms with van der Waals surface area (Å²) in [5.74, 6) is 1.01. The molecule has 0 radical (unpaired) electrons. The SMILES string of the molecule is Nc1ncc(CN2CCC[C@@H]3C[C@@H]32)s1. The molecule has 76 valence electrons. The minimum Gasteiger partial charge on any atom is -0.375 e. The van der Waals surface area contributed by atoms with Crippen LogP contribution in [0.5, 0.6) is 0 Å². The van der Waals surface area contributed by atoms with Gasteiger partial charge in [0, 0.05) is 23.7 Å². The first kappa shape index (κ1) is 8.68. The molecule has 0 spiro atoms. The van der Waals surface area contributed by atoms with Crippen LogP contribution >= 0.6 is 11.3 Å². The van der Waals surface area contributed by atoms with Gasteiger partial charge in [-0.3, -0.25) is 4.90 Å². The van der Waals surface area contributed by atoms with Crippen LogP contribution in [0.25, 0.3) is 0 Å². The van der Waals surface area contributed by atoms with Crippen molar-refractivity contribution in [3.05, 3.63) is 11.1 Å². The van der Waals surface area contributed by atoms with Crippen LogP contribution in [0, 0.1) is 5.92 Å². The molecule has 0 bridgehead atoms. The molecule has 1 aromatic heterocycles. The smallest absolute Gasteiger partial charge is 0.180 e. The summed E-state index contributed by atoms with van der Waals surface area (Å²) in [4.78, 5) is 8.00. The third-order valence-electron chi connectivity index (χ3n) is 3.30. The van der Waals surface area contributed by atoms with Gasteiger partial charge >= 0.3 is 0 Å². The minimum absolute atomic E-state index is 0.698. The van der Waals surface area contributed by atoms with E-state index in [-0.39, 0.29) is 0 Å². The Hall–Kier alpha value is -0.610. The van der Waals surface area contributed by atoms with E-state index in [1.54, 1.807) is 11.3 Å². The zero-order chi connectivity index (χ0) is 9.54. The third-order valence-corrected chi connectivity index (χ3v) is 4.12. The van der Waals surface area contributed by atoms with Crippen LogP contribution < -0.4 is 5.73 Å². The summed E-state index contributed by atoms with van der Waals surface area (Å²) in [5, 5.41) is 0.698. The molecular formula is C10H15N3S. The molecule has 0 unspecified atom stereocenters. The number of anilines is 1. The van der Waals surface area contributed by atoms with Crippen molar-refractivity contribution in [2.24, 2.45) is 5.92 Å². The highest BCUT2D eigenvalue weighted by Crippen LogP contribution is 2.43. The molecule has 2 atom stereocenters. The first-order chi connectivity index (χ1) is 6.83. The summed E-state index contributed by atoms with van der Waals surface area (Å²) in [5.41, 5.74) is 5.62. The fourth-order valence-electron chi connectivity index (χ4n) is 2.50. The zero-order valence-electron chi connectivity index (χ0n) is 8.15. The van der Waals surface area contributed by atoms with Crippen molar-refractivity contribution in [2.75, 3.05) is 12.3 Å². The maximum atomic E-state index is 5.62. The van der Waals surface area contributed by atoms with Gasteiger partial charge in [-0.25, -0.2) is 4.98 Å². The molecule has 4 heteroatoms. The van der Waals surface area contributed by atoms with Crippen LogP contribution in [0.4, 0.5) is 5.13 Å². The Kier molecular flexibility index (Phi) is 1.99. The van der Waals surface area contributed by atoms with Crippen LogP contribution in [0.3, 0.4) is 0 Å². The lowest BCUT2D eigenvalue weighted by Gasteiger charge is -2.25. The van der Waals surface area contributed by atoms with E-state index in [1.807, 2.05) is 6.20 Å². The summed E-state index contributed by atoms with van der Waals surface area (Å²) < 4.78 is 0. The van der Waals surface area contributed by atoms with Crippen molar-refractivity contribution in [3.63, 3.8) is 0 Å². The fourth-order valence-corrected chi connectivity index (χ4v) is 3.21. The summed E-state index contributed by atoms with van der Waals surface area (Å²) in [6.45, 7) is 2.33. The summed E-state index contributed by atoms with van der Waals surface area (Å²) in [6.07, 6.45) is 6.17. The molecule has 0 aromatic carbocycles. The fraction of sp³-hybridized carbons (Fsp3) is 0.700. The number of piperidine rings is 1. The van der Waals surface area contributed by atoms with Gasteiger partial charge in [-0.1, -0.05) is 0 Å². The normalized spacial score (nSPS) is 31.4. The summed E-state index contributed by atoms with van der Waals surface area (Å²) in [6, 6.07) is 0.882. The van der Waals surface area contributed by atoms with E-state index in [0.29, 0.717) is 5.13 Å². The van der Waals surface area contributed by atoms with E-state index < -0.39 is 0 Å². The Labute approximate surface area is 87.9 Å². The van der Waals surface area contributed by atoms with E-state index in [0.717, 1.165) is 18.5 Å². The molecule has 1 saturated heterocycles. The van der Waals surface area contributed by atoms with Gasteiger partial charge in [0.2, 0.25) is 0 Å². The molecule has 2 aliphatic rings. The van der Waals surface area contributed by atoms with Gasteiger partial charge in [0.15, 0.2) is 5.13 Å². The zero-order valence-corrected chi connectivity index (χ0v) is 8.96. The van der Waals surface area contributed by atoms with Crippen molar-refractivity contribution < 1.29 is 0 Å². The standard InChI is InChI=1S/C10H15N3S/c11-10-12-5-8(14-10)6-13-3-1-2-7-4-9(7)13/h5,7,9H,1-4,6H2,(H2,11,12)/t7-,9+/m1/s1. The van der Waals surface area contributed by atoms with Crippen LogP contribution in [-0.2, 0) is 6.54 Å². The molecule has 1 aromatic rings. The predicted molar refractivity (Wildman–Crippen MR) is 58.1 cm³/mol. The van der Waals surface area contributed by atoms with E-state index >= 15 is 0 Å².